The van der Waals surface area contributed by atoms with Crippen LogP contribution in [-0.2, 0) is 22.6 Å². The summed E-state index contributed by atoms with van der Waals surface area (Å²) in [6, 6.07) is 14.7. The molecule has 0 aromatic heterocycles. The first-order chi connectivity index (χ1) is 14.9. The number of carbonyl (C=O) groups excluding carboxylic acids is 2. The van der Waals surface area contributed by atoms with Crippen molar-refractivity contribution in [1.82, 2.24) is 10.2 Å². The lowest BCUT2D eigenvalue weighted by molar-refractivity contribution is -0.141. The molecule has 6 heteroatoms. The van der Waals surface area contributed by atoms with Crippen LogP contribution in [0.4, 0.5) is 0 Å². The first kappa shape index (κ1) is 23.6. The van der Waals surface area contributed by atoms with E-state index >= 15 is 0 Å². The average molecular weight is 461 g/mol. The highest BCUT2D eigenvalue weighted by Gasteiger charge is 2.28. The third kappa shape index (κ3) is 6.98. The molecule has 31 heavy (non-hydrogen) atoms. The minimum Gasteiger partial charge on any atom is -0.352 e. The predicted molar refractivity (Wildman–Crippen MR) is 126 cm³/mol. The van der Waals surface area contributed by atoms with E-state index in [1.54, 1.807) is 24.0 Å². The Bertz CT molecular complexity index is 882. The monoisotopic (exact) mass is 460 g/mol. The molecule has 1 fully saturated rings. The molecule has 0 heterocycles. The van der Waals surface area contributed by atoms with Crippen molar-refractivity contribution >= 4 is 35.0 Å². The maximum Gasteiger partial charge on any atom is 0.242 e. The summed E-state index contributed by atoms with van der Waals surface area (Å²) >= 11 is 12.4. The second-order valence-electron chi connectivity index (χ2n) is 8.26. The molecule has 1 aliphatic carbocycles. The largest absolute Gasteiger partial charge is 0.352 e. The molecule has 0 spiro atoms. The molecule has 166 valence electrons. The molecule has 2 aromatic carbocycles. The molecule has 0 saturated heterocycles. The number of rotatable bonds is 8. The van der Waals surface area contributed by atoms with Crippen LogP contribution in [-0.4, -0.2) is 28.8 Å². The summed E-state index contributed by atoms with van der Waals surface area (Å²) in [5.74, 6) is -0.175. The van der Waals surface area contributed by atoms with Gasteiger partial charge in [-0.25, -0.2) is 0 Å². The van der Waals surface area contributed by atoms with E-state index in [-0.39, 0.29) is 24.4 Å². The highest BCUT2D eigenvalue weighted by atomic mass is 35.5. The van der Waals surface area contributed by atoms with Crippen molar-refractivity contribution in [2.75, 3.05) is 0 Å². The molecule has 0 bridgehead atoms. The van der Waals surface area contributed by atoms with Crippen molar-refractivity contribution < 1.29 is 9.59 Å². The van der Waals surface area contributed by atoms with Crippen LogP contribution in [0, 0.1) is 0 Å². The number of halogens is 2. The lowest BCUT2D eigenvalue weighted by Gasteiger charge is -2.31. The Labute approximate surface area is 194 Å². The lowest BCUT2D eigenvalue weighted by atomic mass is 9.95. The van der Waals surface area contributed by atoms with Crippen molar-refractivity contribution in [1.29, 1.82) is 0 Å². The number of carbonyl (C=O) groups is 2. The molecular weight excluding hydrogens is 431 g/mol. The number of nitrogens with zero attached hydrogens (tertiary/aromatic N) is 1. The van der Waals surface area contributed by atoms with Crippen LogP contribution < -0.4 is 5.32 Å². The normalized spacial score (nSPS) is 15.3. The SMILES string of the molecule is CC(C(=O)NC1CCCCC1)N(Cc1ccc(Cl)cc1Cl)C(=O)CCc1ccccc1. The minimum atomic E-state index is -0.586. The van der Waals surface area contributed by atoms with E-state index in [4.69, 9.17) is 23.2 Å². The van der Waals surface area contributed by atoms with Crippen molar-refractivity contribution in [3.63, 3.8) is 0 Å². The number of hydrogen-bond acceptors (Lipinski definition) is 2. The first-order valence-electron chi connectivity index (χ1n) is 11.0. The highest BCUT2D eigenvalue weighted by Crippen LogP contribution is 2.24. The van der Waals surface area contributed by atoms with Gasteiger partial charge in [-0.2, -0.15) is 0 Å². The standard InChI is InChI=1S/C25H30Cl2N2O2/c1-18(25(31)28-22-10-6-3-7-11-22)29(17-20-13-14-21(26)16-23(20)27)24(30)15-12-19-8-4-2-5-9-19/h2,4-5,8-9,13-14,16,18,22H,3,6-7,10-12,15,17H2,1H3,(H,28,31). The van der Waals surface area contributed by atoms with E-state index in [9.17, 15) is 9.59 Å². The summed E-state index contributed by atoms with van der Waals surface area (Å²) < 4.78 is 0. The van der Waals surface area contributed by atoms with Crippen LogP contribution in [0.25, 0.3) is 0 Å². The maximum absolute atomic E-state index is 13.2. The predicted octanol–water partition coefficient (Wildman–Crippen LogP) is 5.79. The number of nitrogens with one attached hydrogen (secondary N) is 1. The van der Waals surface area contributed by atoms with E-state index in [1.807, 2.05) is 36.4 Å². The van der Waals surface area contributed by atoms with Crippen LogP contribution in [0.2, 0.25) is 10.0 Å². The van der Waals surface area contributed by atoms with Crippen molar-refractivity contribution in [2.45, 2.75) is 70.5 Å². The van der Waals surface area contributed by atoms with E-state index in [0.717, 1.165) is 36.8 Å². The molecule has 3 rings (SSSR count). The summed E-state index contributed by atoms with van der Waals surface area (Å²) in [5.41, 5.74) is 1.87. The number of amides is 2. The van der Waals surface area contributed by atoms with E-state index < -0.39 is 6.04 Å². The molecule has 1 atom stereocenters. The molecule has 1 saturated carbocycles. The Morgan fingerprint density at radius 1 is 1.06 bits per heavy atom. The zero-order chi connectivity index (χ0) is 22.2. The molecule has 0 radical (unpaired) electrons. The van der Waals surface area contributed by atoms with Gasteiger partial charge in [0.1, 0.15) is 6.04 Å². The fourth-order valence-corrected chi connectivity index (χ4v) is 4.49. The Morgan fingerprint density at radius 2 is 1.77 bits per heavy atom. The van der Waals surface area contributed by atoms with Crippen molar-refractivity contribution in [3.05, 3.63) is 69.7 Å². The quantitative estimate of drug-likeness (QED) is 0.541. The molecule has 2 amide bonds. The van der Waals surface area contributed by atoms with Gasteiger partial charge in [-0.1, -0.05) is 78.9 Å². The first-order valence-corrected chi connectivity index (χ1v) is 11.8. The fourth-order valence-electron chi connectivity index (χ4n) is 4.02. The second kappa shape index (κ2) is 11.5. The number of benzene rings is 2. The van der Waals surface area contributed by atoms with Gasteiger partial charge in [0, 0.05) is 29.1 Å². The van der Waals surface area contributed by atoms with Gasteiger partial charge in [-0.05, 0) is 49.4 Å². The van der Waals surface area contributed by atoms with Gasteiger partial charge in [0.25, 0.3) is 0 Å². The van der Waals surface area contributed by atoms with Gasteiger partial charge in [0.05, 0.1) is 0 Å². The molecule has 4 nitrogen and oxygen atoms in total. The molecule has 1 N–H and O–H groups in total. The highest BCUT2D eigenvalue weighted by molar-refractivity contribution is 6.35. The molecule has 2 aromatic rings. The second-order valence-corrected chi connectivity index (χ2v) is 9.11. The number of aryl methyl sites for hydroxylation is 1. The van der Waals surface area contributed by atoms with Crippen molar-refractivity contribution in [3.8, 4) is 0 Å². The fraction of sp³-hybridized carbons (Fsp3) is 0.440. The molecule has 0 aliphatic heterocycles. The average Bonchev–Trinajstić information content (AvgIpc) is 2.78. The van der Waals surface area contributed by atoms with Crippen LogP contribution in [0.1, 0.15) is 56.6 Å². The summed E-state index contributed by atoms with van der Waals surface area (Å²) in [6.07, 6.45) is 6.46. The summed E-state index contributed by atoms with van der Waals surface area (Å²) in [6.45, 7) is 2.06. The maximum atomic E-state index is 13.2. The zero-order valence-corrected chi connectivity index (χ0v) is 19.5. The minimum absolute atomic E-state index is 0.0684. The van der Waals surface area contributed by atoms with Gasteiger partial charge < -0.3 is 10.2 Å². The number of hydrogen-bond donors (Lipinski definition) is 1. The zero-order valence-electron chi connectivity index (χ0n) is 17.9. The Morgan fingerprint density at radius 3 is 2.45 bits per heavy atom. The summed E-state index contributed by atoms with van der Waals surface area (Å²) in [4.78, 5) is 27.9. The topological polar surface area (TPSA) is 49.4 Å². The van der Waals surface area contributed by atoms with Crippen LogP contribution in [0.3, 0.4) is 0 Å². The van der Waals surface area contributed by atoms with Gasteiger partial charge >= 0.3 is 0 Å². The molecule has 1 unspecified atom stereocenters. The third-order valence-corrected chi connectivity index (χ3v) is 6.53. The smallest absolute Gasteiger partial charge is 0.242 e. The van der Waals surface area contributed by atoms with Gasteiger partial charge in [-0.3, -0.25) is 9.59 Å². The summed E-state index contributed by atoms with van der Waals surface area (Å²) in [5, 5.41) is 4.18. The Kier molecular flexibility index (Phi) is 8.79. The van der Waals surface area contributed by atoms with Crippen molar-refractivity contribution in [2.24, 2.45) is 0 Å². The van der Waals surface area contributed by atoms with E-state index in [1.165, 1.54) is 6.42 Å². The van der Waals surface area contributed by atoms with Crippen LogP contribution in [0.15, 0.2) is 48.5 Å². The van der Waals surface area contributed by atoms with Gasteiger partial charge in [0.2, 0.25) is 11.8 Å². The summed E-state index contributed by atoms with van der Waals surface area (Å²) in [7, 11) is 0. The van der Waals surface area contributed by atoms with E-state index in [2.05, 4.69) is 5.32 Å². The van der Waals surface area contributed by atoms with Crippen LogP contribution >= 0.6 is 23.2 Å². The molecular formula is C25H30Cl2N2O2. The van der Waals surface area contributed by atoms with E-state index in [0.29, 0.717) is 22.9 Å². The molecule has 1 aliphatic rings. The van der Waals surface area contributed by atoms with Gasteiger partial charge in [-0.15, -0.1) is 0 Å². The van der Waals surface area contributed by atoms with Gasteiger partial charge in [0.15, 0.2) is 0 Å². The lowest BCUT2D eigenvalue weighted by Crippen LogP contribution is -2.50. The Hall–Kier alpha value is -2.04. The third-order valence-electron chi connectivity index (χ3n) is 5.95. The van der Waals surface area contributed by atoms with Crippen LogP contribution in [0.5, 0.6) is 0 Å². The Balaban J connectivity index is 1.73.